The molecule has 0 atom stereocenters. The van der Waals surface area contributed by atoms with Crippen molar-refractivity contribution in [1.82, 2.24) is 10.4 Å². The number of carbonyl (C=O) groups is 1. The Morgan fingerprint density at radius 2 is 1.92 bits per heavy atom. The fraction of sp³-hybridized carbons (Fsp3) is 0.105. The molecule has 6 heteroatoms. The summed E-state index contributed by atoms with van der Waals surface area (Å²) in [6, 6.07) is 13.6. The lowest BCUT2D eigenvalue weighted by Gasteiger charge is -2.07. The van der Waals surface area contributed by atoms with E-state index < -0.39 is 0 Å². The number of aromatic nitrogens is 1. The number of H-pyrrole nitrogens is 1. The first-order valence-electron chi connectivity index (χ1n) is 7.76. The van der Waals surface area contributed by atoms with Crippen molar-refractivity contribution in [3.63, 3.8) is 0 Å². The highest BCUT2D eigenvalue weighted by atomic mass is 16.3. The summed E-state index contributed by atoms with van der Waals surface area (Å²) < 4.78 is 0. The average Bonchev–Trinajstić information content (AvgIpc) is 2.60. The number of nitrogens with zero attached hydrogens (tertiary/aromatic N) is 1. The molecule has 0 bridgehead atoms. The molecule has 1 aromatic heterocycles. The van der Waals surface area contributed by atoms with Crippen LogP contribution in [0.5, 0.6) is 5.75 Å². The molecule has 0 aliphatic rings. The number of aromatic amines is 1. The molecule has 6 nitrogen and oxygen atoms in total. The SMILES string of the molecule is Cc1[nH]c2ccccc2c(=O)c1CC(=O)NN=Cc1ccc(O)cc1. The molecule has 3 rings (SSSR count). The molecule has 0 fully saturated rings. The maximum absolute atomic E-state index is 12.5. The van der Waals surface area contributed by atoms with Gasteiger partial charge in [-0.3, -0.25) is 9.59 Å². The first kappa shape index (κ1) is 16.4. The van der Waals surface area contributed by atoms with E-state index in [9.17, 15) is 14.7 Å². The minimum absolute atomic E-state index is 0.0566. The van der Waals surface area contributed by atoms with E-state index in [-0.39, 0.29) is 23.5 Å². The highest BCUT2D eigenvalue weighted by molar-refractivity contribution is 5.85. The number of fused-ring (bicyclic) bond motifs is 1. The lowest BCUT2D eigenvalue weighted by atomic mass is 10.1. The molecule has 3 aromatic rings. The van der Waals surface area contributed by atoms with Crippen LogP contribution >= 0.6 is 0 Å². The topological polar surface area (TPSA) is 94.5 Å². The van der Waals surface area contributed by atoms with E-state index in [0.29, 0.717) is 16.6 Å². The van der Waals surface area contributed by atoms with Crippen LogP contribution in [0.4, 0.5) is 0 Å². The fourth-order valence-corrected chi connectivity index (χ4v) is 2.55. The van der Waals surface area contributed by atoms with Crippen LogP contribution in [-0.4, -0.2) is 22.2 Å². The normalized spacial score (nSPS) is 11.1. The number of amides is 1. The Morgan fingerprint density at radius 1 is 1.20 bits per heavy atom. The number of rotatable bonds is 4. The third-order valence-electron chi connectivity index (χ3n) is 3.85. The van der Waals surface area contributed by atoms with E-state index in [4.69, 9.17) is 0 Å². The molecule has 25 heavy (non-hydrogen) atoms. The van der Waals surface area contributed by atoms with Crippen molar-refractivity contribution in [2.75, 3.05) is 0 Å². The van der Waals surface area contributed by atoms with Crippen molar-refractivity contribution in [2.24, 2.45) is 5.10 Å². The number of phenolic OH excluding ortho intramolecular Hbond substituents is 1. The summed E-state index contributed by atoms with van der Waals surface area (Å²) in [7, 11) is 0. The molecule has 126 valence electrons. The van der Waals surface area contributed by atoms with Gasteiger partial charge in [-0.25, -0.2) is 5.43 Å². The van der Waals surface area contributed by atoms with Crippen LogP contribution in [0.2, 0.25) is 0 Å². The first-order valence-corrected chi connectivity index (χ1v) is 7.76. The van der Waals surface area contributed by atoms with E-state index in [1.54, 1.807) is 31.2 Å². The first-order chi connectivity index (χ1) is 12.0. The van der Waals surface area contributed by atoms with Crippen molar-refractivity contribution in [3.8, 4) is 5.75 Å². The van der Waals surface area contributed by atoms with Crippen molar-refractivity contribution in [3.05, 3.63) is 75.6 Å². The van der Waals surface area contributed by atoms with Crippen LogP contribution in [0.15, 0.2) is 58.4 Å². The predicted molar refractivity (Wildman–Crippen MR) is 96.9 cm³/mol. The standard InChI is InChI=1S/C19H17N3O3/c1-12-16(19(25)15-4-2-3-5-17(15)21-12)10-18(24)22-20-11-13-6-8-14(23)9-7-13/h2-9,11,23H,10H2,1H3,(H,21,25)(H,22,24). The fourth-order valence-electron chi connectivity index (χ4n) is 2.55. The van der Waals surface area contributed by atoms with Gasteiger partial charge in [-0.05, 0) is 48.9 Å². The van der Waals surface area contributed by atoms with Crippen molar-refractivity contribution < 1.29 is 9.90 Å². The second-order valence-electron chi connectivity index (χ2n) is 5.66. The molecule has 3 N–H and O–H groups in total. The molecule has 0 saturated carbocycles. The third kappa shape index (κ3) is 3.74. The van der Waals surface area contributed by atoms with Crippen LogP contribution in [0, 0.1) is 6.92 Å². The second-order valence-corrected chi connectivity index (χ2v) is 5.66. The number of hydrazone groups is 1. The lowest BCUT2D eigenvalue weighted by molar-refractivity contribution is -0.120. The minimum Gasteiger partial charge on any atom is -0.508 e. The summed E-state index contributed by atoms with van der Waals surface area (Å²) in [6.07, 6.45) is 1.41. The van der Waals surface area contributed by atoms with Gasteiger partial charge < -0.3 is 10.1 Å². The number of pyridine rings is 1. The molecule has 1 amide bonds. The van der Waals surface area contributed by atoms with Gasteiger partial charge in [0.2, 0.25) is 5.91 Å². The van der Waals surface area contributed by atoms with Crippen LogP contribution in [0.1, 0.15) is 16.8 Å². The number of aromatic hydroxyl groups is 1. The zero-order chi connectivity index (χ0) is 17.8. The Hall–Kier alpha value is -3.41. The van der Waals surface area contributed by atoms with Crippen molar-refractivity contribution in [2.45, 2.75) is 13.3 Å². The van der Waals surface area contributed by atoms with Gasteiger partial charge in [0.05, 0.1) is 12.6 Å². The van der Waals surface area contributed by atoms with Gasteiger partial charge in [-0.15, -0.1) is 0 Å². The van der Waals surface area contributed by atoms with Gasteiger partial charge in [-0.1, -0.05) is 12.1 Å². The molecule has 0 spiro atoms. The number of phenols is 1. The van der Waals surface area contributed by atoms with E-state index in [1.807, 2.05) is 12.1 Å². The number of aryl methyl sites for hydroxylation is 1. The molecule has 0 aliphatic heterocycles. The molecule has 0 unspecified atom stereocenters. The largest absolute Gasteiger partial charge is 0.508 e. The molecule has 1 heterocycles. The Bertz CT molecular complexity index is 1000. The summed E-state index contributed by atoms with van der Waals surface area (Å²) >= 11 is 0. The summed E-state index contributed by atoms with van der Waals surface area (Å²) in [5.41, 5.74) is 4.84. The van der Waals surface area contributed by atoms with Gasteiger partial charge >= 0.3 is 0 Å². The van der Waals surface area contributed by atoms with E-state index in [1.165, 1.54) is 18.3 Å². The highest BCUT2D eigenvalue weighted by Gasteiger charge is 2.12. The number of hydrogen-bond donors (Lipinski definition) is 3. The molecule has 0 aliphatic carbocycles. The summed E-state index contributed by atoms with van der Waals surface area (Å²) in [5, 5.41) is 13.6. The number of hydrogen-bond acceptors (Lipinski definition) is 4. The third-order valence-corrected chi connectivity index (χ3v) is 3.85. The summed E-state index contributed by atoms with van der Waals surface area (Å²) in [6.45, 7) is 1.77. The van der Waals surface area contributed by atoms with Gasteiger partial charge in [-0.2, -0.15) is 5.10 Å². The molecule has 0 saturated heterocycles. The van der Waals surface area contributed by atoms with Gasteiger partial charge in [0.1, 0.15) is 5.75 Å². The van der Waals surface area contributed by atoms with Gasteiger partial charge in [0.25, 0.3) is 0 Å². The Labute approximate surface area is 143 Å². The van der Waals surface area contributed by atoms with Crippen molar-refractivity contribution in [1.29, 1.82) is 0 Å². The number of para-hydroxylation sites is 1. The van der Waals surface area contributed by atoms with E-state index in [2.05, 4.69) is 15.5 Å². The summed E-state index contributed by atoms with van der Waals surface area (Å²) in [4.78, 5) is 27.8. The maximum atomic E-state index is 12.5. The Kier molecular flexibility index (Phi) is 4.61. The Morgan fingerprint density at radius 3 is 2.68 bits per heavy atom. The van der Waals surface area contributed by atoms with Crippen LogP contribution in [-0.2, 0) is 11.2 Å². The van der Waals surface area contributed by atoms with Crippen molar-refractivity contribution >= 4 is 23.0 Å². The number of carbonyl (C=O) groups excluding carboxylic acids is 1. The quantitative estimate of drug-likeness (QED) is 0.504. The average molecular weight is 335 g/mol. The highest BCUT2D eigenvalue weighted by Crippen LogP contribution is 2.11. The van der Waals surface area contributed by atoms with Crippen LogP contribution < -0.4 is 10.9 Å². The number of benzene rings is 2. The zero-order valence-electron chi connectivity index (χ0n) is 13.6. The van der Waals surface area contributed by atoms with Gasteiger partial charge in [0.15, 0.2) is 5.43 Å². The Balaban J connectivity index is 1.74. The summed E-state index contributed by atoms with van der Waals surface area (Å²) in [5.74, 6) is -0.217. The maximum Gasteiger partial charge on any atom is 0.244 e. The molecule has 2 aromatic carbocycles. The van der Waals surface area contributed by atoms with Crippen LogP contribution in [0.25, 0.3) is 10.9 Å². The smallest absolute Gasteiger partial charge is 0.244 e. The zero-order valence-corrected chi connectivity index (χ0v) is 13.6. The van der Waals surface area contributed by atoms with E-state index in [0.717, 1.165) is 11.1 Å². The second kappa shape index (κ2) is 7.00. The molecule has 0 radical (unpaired) electrons. The molecular formula is C19H17N3O3. The van der Waals surface area contributed by atoms with E-state index >= 15 is 0 Å². The minimum atomic E-state index is -0.376. The predicted octanol–water partition coefficient (Wildman–Crippen LogP) is 2.23. The number of nitrogens with one attached hydrogen (secondary N) is 2. The van der Waals surface area contributed by atoms with Crippen LogP contribution in [0.3, 0.4) is 0 Å². The molecular weight excluding hydrogens is 318 g/mol. The lowest BCUT2D eigenvalue weighted by Crippen LogP contribution is -2.24. The van der Waals surface area contributed by atoms with Gasteiger partial charge in [0, 0.05) is 22.2 Å². The monoisotopic (exact) mass is 335 g/mol.